The molecular weight excluding hydrogens is 144 g/mol. The van der Waals surface area contributed by atoms with Gasteiger partial charge in [-0.25, -0.2) is 0 Å². The molecule has 1 aliphatic carbocycles. The second kappa shape index (κ2) is 2.51. The molecule has 1 aliphatic rings. The van der Waals surface area contributed by atoms with Gasteiger partial charge in [0.25, 0.3) is 0 Å². The predicted octanol–water partition coefficient (Wildman–Crippen LogP) is 0.0922. The van der Waals surface area contributed by atoms with Gasteiger partial charge in [0.05, 0.1) is 11.5 Å². The maximum atomic E-state index is 10.3. The quantitative estimate of drug-likeness (QED) is 0.603. The van der Waals surface area contributed by atoms with E-state index in [-0.39, 0.29) is 0 Å². The molecule has 1 saturated carbocycles. The van der Waals surface area contributed by atoms with Crippen LogP contribution in [0.25, 0.3) is 0 Å². The Morgan fingerprint density at radius 2 is 2.36 bits per heavy atom. The Morgan fingerprint density at radius 3 is 2.64 bits per heavy atom. The van der Waals surface area contributed by atoms with E-state index >= 15 is 0 Å². The minimum Gasteiger partial charge on any atom is -0.480 e. The van der Waals surface area contributed by atoms with Crippen LogP contribution < -0.4 is 5.73 Å². The number of carbonyl (C=O) groups is 1. The number of carboxylic acid groups (broad SMARTS) is 1. The molecule has 1 fully saturated rings. The van der Waals surface area contributed by atoms with E-state index in [4.69, 9.17) is 16.1 Å². The molecular formula is C7H10N2O2. The summed E-state index contributed by atoms with van der Waals surface area (Å²) in [6, 6.07) is 1.22. The van der Waals surface area contributed by atoms with E-state index in [1.807, 2.05) is 0 Å². The van der Waals surface area contributed by atoms with Gasteiger partial charge in [0.2, 0.25) is 0 Å². The highest BCUT2D eigenvalue weighted by Crippen LogP contribution is 2.48. The Hall–Kier alpha value is -1.08. The molecule has 0 aromatic heterocycles. The molecule has 3 N–H and O–H groups in total. The fourth-order valence-electron chi connectivity index (χ4n) is 1.02. The van der Waals surface area contributed by atoms with Gasteiger partial charge in [0.1, 0.15) is 6.04 Å². The molecule has 1 atom stereocenters. The zero-order valence-electron chi connectivity index (χ0n) is 6.08. The number of aliphatic carboxylic acids is 1. The molecule has 11 heavy (non-hydrogen) atoms. The van der Waals surface area contributed by atoms with Crippen molar-refractivity contribution in [1.29, 1.82) is 5.26 Å². The summed E-state index contributed by atoms with van der Waals surface area (Å²) in [6.07, 6.45) is 1.88. The van der Waals surface area contributed by atoms with Crippen molar-refractivity contribution in [3.05, 3.63) is 0 Å². The van der Waals surface area contributed by atoms with Crippen LogP contribution in [0, 0.1) is 16.7 Å². The van der Waals surface area contributed by atoms with Crippen LogP contribution >= 0.6 is 0 Å². The molecule has 0 unspecified atom stereocenters. The fourth-order valence-corrected chi connectivity index (χ4v) is 1.02. The number of hydrogen-bond donors (Lipinski definition) is 2. The first-order valence-electron chi connectivity index (χ1n) is 3.49. The summed E-state index contributed by atoms with van der Waals surface area (Å²) in [5, 5.41) is 17.0. The second-order valence-electron chi connectivity index (χ2n) is 3.04. The van der Waals surface area contributed by atoms with Gasteiger partial charge in [-0.2, -0.15) is 5.26 Å². The van der Waals surface area contributed by atoms with Crippen LogP contribution in [0.2, 0.25) is 0 Å². The van der Waals surface area contributed by atoms with Crippen molar-refractivity contribution in [3.63, 3.8) is 0 Å². The summed E-state index contributed by atoms with van der Waals surface area (Å²) in [5.74, 6) is -1.02. The maximum absolute atomic E-state index is 10.3. The van der Waals surface area contributed by atoms with Gasteiger partial charge in [-0.1, -0.05) is 0 Å². The first-order chi connectivity index (χ1) is 5.09. The minimum atomic E-state index is -1.02. The van der Waals surface area contributed by atoms with Crippen molar-refractivity contribution in [2.24, 2.45) is 11.1 Å². The highest BCUT2D eigenvalue weighted by atomic mass is 16.4. The third-order valence-corrected chi connectivity index (χ3v) is 2.02. The van der Waals surface area contributed by atoms with Gasteiger partial charge in [-0.3, -0.25) is 4.79 Å². The van der Waals surface area contributed by atoms with Gasteiger partial charge in [0, 0.05) is 0 Å². The number of rotatable bonds is 3. The molecule has 0 aromatic rings. The van der Waals surface area contributed by atoms with E-state index in [1.54, 1.807) is 0 Å². The van der Waals surface area contributed by atoms with Crippen LogP contribution in [-0.4, -0.2) is 17.1 Å². The molecule has 0 aliphatic heterocycles. The summed E-state index contributed by atoms with van der Waals surface area (Å²) in [6.45, 7) is 0. The number of carboxylic acids is 1. The first-order valence-corrected chi connectivity index (χ1v) is 3.49. The SMILES string of the molecule is N#CC1(C[C@H](N)C(=O)O)CC1. The number of hydrogen-bond acceptors (Lipinski definition) is 3. The lowest BCUT2D eigenvalue weighted by Gasteiger charge is -2.08. The molecule has 4 nitrogen and oxygen atoms in total. The Balaban J connectivity index is 2.43. The van der Waals surface area contributed by atoms with Crippen molar-refractivity contribution in [2.75, 3.05) is 0 Å². The topological polar surface area (TPSA) is 87.1 Å². The molecule has 0 spiro atoms. The Bertz CT molecular complexity index is 215. The predicted molar refractivity (Wildman–Crippen MR) is 37.5 cm³/mol. The monoisotopic (exact) mass is 154 g/mol. The van der Waals surface area contributed by atoms with Crippen molar-refractivity contribution in [3.8, 4) is 6.07 Å². The zero-order valence-corrected chi connectivity index (χ0v) is 6.08. The van der Waals surface area contributed by atoms with Crippen molar-refractivity contribution >= 4 is 5.97 Å². The first kappa shape index (κ1) is 8.02. The highest BCUT2D eigenvalue weighted by molar-refractivity contribution is 5.73. The van der Waals surface area contributed by atoms with Crippen LogP contribution in [0.5, 0.6) is 0 Å². The maximum Gasteiger partial charge on any atom is 0.320 e. The third kappa shape index (κ3) is 1.69. The lowest BCUT2D eigenvalue weighted by Crippen LogP contribution is -2.32. The molecule has 4 heteroatoms. The lowest BCUT2D eigenvalue weighted by atomic mass is 9.99. The number of nitrogens with zero attached hydrogens (tertiary/aromatic N) is 1. The van der Waals surface area contributed by atoms with E-state index < -0.39 is 17.4 Å². The zero-order chi connectivity index (χ0) is 8.48. The fraction of sp³-hybridized carbons (Fsp3) is 0.714. The van der Waals surface area contributed by atoms with Gasteiger partial charge in [-0.15, -0.1) is 0 Å². The molecule has 0 radical (unpaired) electrons. The summed E-state index contributed by atoms with van der Waals surface area (Å²) in [5.41, 5.74) is 4.86. The highest BCUT2D eigenvalue weighted by Gasteiger charge is 2.45. The van der Waals surface area contributed by atoms with Crippen molar-refractivity contribution in [2.45, 2.75) is 25.3 Å². The summed E-state index contributed by atoms with van der Waals surface area (Å²) in [7, 11) is 0. The summed E-state index contributed by atoms with van der Waals surface area (Å²) in [4.78, 5) is 10.3. The molecule has 0 aromatic carbocycles. The Morgan fingerprint density at radius 1 is 1.82 bits per heavy atom. The Kier molecular flexibility index (Phi) is 1.83. The van der Waals surface area contributed by atoms with E-state index in [0.717, 1.165) is 12.8 Å². The van der Waals surface area contributed by atoms with Crippen LogP contribution in [-0.2, 0) is 4.79 Å². The van der Waals surface area contributed by atoms with E-state index in [1.165, 1.54) is 0 Å². The normalized spacial score (nSPS) is 21.8. The van der Waals surface area contributed by atoms with Crippen LogP contribution in [0.4, 0.5) is 0 Å². The van der Waals surface area contributed by atoms with Gasteiger partial charge >= 0.3 is 5.97 Å². The lowest BCUT2D eigenvalue weighted by molar-refractivity contribution is -0.138. The molecule has 0 bridgehead atoms. The second-order valence-corrected chi connectivity index (χ2v) is 3.04. The average molecular weight is 154 g/mol. The minimum absolute atomic E-state index is 0.291. The van der Waals surface area contributed by atoms with Crippen LogP contribution in [0.15, 0.2) is 0 Å². The molecule has 0 heterocycles. The van der Waals surface area contributed by atoms with Crippen LogP contribution in [0.1, 0.15) is 19.3 Å². The number of nitriles is 1. The van der Waals surface area contributed by atoms with Crippen molar-refractivity contribution in [1.82, 2.24) is 0 Å². The van der Waals surface area contributed by atoms with E-state index in [9.17, 15) is 4.79 Å². The molecule has 0 saturated heterocycles. The van der Waals surface area contributed by atoms with Crippen LogP contribution in [0.3, 0.4) is 0 Å². The number of nitrogens with two attached hydrogens (primary N) is 1. The summed E-state index contributed by atoms with van der Waals surface area (Å²) >= 11 is 0. The van der Waals surface area contributed by atoms with Gasteiger partial charge < -0.3 is 10.8 Å². The van der Waals surface area contributed by atoms with E-state index in [0.29, 0.717) is 6.42 Å². The van der Waals surface area contributed by atoms with Crippen molar-refractivity contribution < 1.29 is 9.90 Å². The molecule has 1 rings (SSSR count). The smallest absolute Gasteiger partial charge is 0.320 e. The largest absolute Gasteiger partial charge is 0.480 e. The van der Waals surface area contributed by atoms with Gasteiger partial charge in [0.15, 0.2) is 0 Å². The third-order valence-electron chi connectivity index (χ3n) is 2.02. The molecule has 60 valence electrons. The van der Waals surface area contributed by atoms with Gasteiger partial charge in [-0.05, 0) is 19.3 Å². The van der Waals surface area contributed by atoms with E-state index in [2.05, 4.69) is 6.07 Å². The Labute approximate surface area is 64.6 Å². The molecule has 0 amide bonds. The summed E-state index contributed by atoms with van der Waals surface area (Å²) < 4.78 is 0. The average Bonchev–Trinajstić information content (AvgIpc) is 2.69. The standard InChI is InChI=1S/C7H10N2O2/c8-4-7(1-2-7)3-5(9)6(10)11/h5H,1-3,9H2,(H,10,11)/t5-/m0/s1.